The standard InChI is InChI=1S/C25H24Cl2N2O3/c1-17(18-6-3-2-4-7-18)28-25(31)19-9-12-21(13-10-19)29-24(30)8-5-15-32-23-14-11-20(26)16-22(23)27/h2-4,6-7,9-14,16-17H,5,8,15H2,1H3,(H,28,31)(H,29,30). The van der Waals surface area contributed by atoms with Crippen LogP contribution in [-0.2, 0) is 4.79 Å². The van der Waals surface area contributed by atoms with Crippen molar-refractivity contribution in [3.8, 4) is 5.75 Å². The van der Waals surface area contributed by atoms with Gasteiger partial charge in [0.25, 0.3) is 5.91 Å². The number of halogens is 2. The summed E-state index contributed by atoms with van der Waals surface area (Å²) in [6.07, 6.45) is 0.824. The van der Waals surface area contributed by atoms with E-state index >= 15 is 0 Å². The second-order valence-corrected chi connectivity index (χ2v) is 8.10. The number of carbonyl (C=O) groups excluding carboxylic acids is 2. The molecule has 2 N–H and O–H groups in total. The molecule has 0 saturated carbocycles. The molecular weight excluding hydrogens is 447 g/mol. The Balaban J connectivity index is 1.42. The Labute approximate surface area is 197 Å². The molecule has 7 heteroatoms. The Morgan fingerprint density at radius 2 is 1.69 bits per heavy atom. The lowest BCUT2D eigenvalue weighted by molar-refractivity contribution is -0.116. The van der Waals surface area contributed by atoms with E-state index in [2.05, 4.69) is 10.6 Å². The van der Waals surface area contributed by atoms with Gasteiger partial charge in [0, 0.05) is 22.7 Å². The van der Waals surface area contributed by atoms with E-state index in [0.717, 1.165) is 5.56 Å². The van der Waals surface area contributed by atoms with Gasteiger partial charge in [-0.15, -0.1) is 0 Å². The fourth-order valence-electron chi connectivity index (χ4n) is 3.04. The molecule has 0 aliphatic rings. The molecule has 0 spiro atoms. The molecule has 32 heavy (non-hydrogen) atoms. The minimum Gasteiger partial charge on any atom is -0.492 e. The number of anilines is 1. The Morgan fingerprint density at radius 3 is 2.38 bits per heavy atom. The number of hydrogen-bond acceptors (Lipinski definition) is 3. The SMILES string of the molecule is CC(NC(=O)c1ccc(NC(=O)CCCOc2ccc(Cl)cc2Cl)cc1)c1ccccc1. The molecule has 0 heterocycles. The zero-order chi connectivity index (χ0) is 22.9. The summed E-state index contributed by atoms with van der Waals surface area (Å²) >= 11 is 11.9. The Kier molecular flexibility index (Phi) is 8.54. The first-order valence-corrected chi connectivity index (χ1v) is 11.0. The molecule has 166 valence electrons. The van der Waals surface area contributed by atoms with E-state index in [1.54, 1.807) is 42.5 Å². The average molecular weight is 471 g/mol. The predicted molar refractivity (Wildman–Crippen MR) is 129 cm³/mol. The van der Waals surface area contributed by atoms with E-state index in [1.807, 2.05) is 37.3 Å². The second-order valence-electron chi connectivity index (χ2n) is 7.26. The Bertz CT molecular complexity index is 1060. The van der Waals surface area contributed by atoms with Crippen molar-refractivity contribution in [2.75, 3.05) is 11.9 Å². The number of nitrogens with one attached hydrogen (secondary N) is 2. The third-order valence-corrected chi connectivity index (χ3v) is 5.31. The van der Waals surface area contributed by atoms with Gasteiger partial charge in [-0.05, 0) is 61.4 Å². The van der Waals surface area contributed by atoms with Crippen LogP contribution in [0.3, 0.4) is 0 Å². The van der Waals surface area contributed by atoms with Gasteiger partial charge < -0.3 is 15.4 Å². The fourth-order valence-corrected chi connectivity index (χ4v) is 3.50. The minimum atomic E-state index is -0.169. The monoisotopic (exact) mass is 470 g/mol. The molecule has 0 saturated heterocycles. The third kappa shape index (κ3) is 7.01. The number of benzene rings is 3. The number of hydrogen-bond donors (Lipinski definition) is 2. The minimum absolute atomic E-state index is 0.104. The van der Waals surface area contributed by atoms with Crippen molar-refractivity contribution in [3.63, 3.8) is 0 Å². The van der Waals surface area contributed by atoms with E-state index in [0.29, 0.717) is 46.5 Å². The first-order valence-electron chi connectivity index (χ1n) is 10.3. The molecule has 0 aromatic heterocycles. The molecule has 1 unspecified atom stereocenters. The van der Waals surface area contributed by atoms with Gasteiger partial charge in [-0.25, -0.2) is 0 Å². The molecule has 3 aromatic rings. The summed E-state index contributed by atoms with van der Waals surface area (Å²) in [5.74, 6) is 0.231. The Morgan fingerprint density at radius 1 is 0.969 bits per heavy atom. The highest BCUT2D eigenvalue weighted by Crippen LogP contribution is 2.27. The van der Waals surface area contributed by atoms with E-state index in [-0.39, 0.29) is 17.9 Å². The molecule has 0 aliphatic heterocycles. The van der Waals surface area contributed by atoms with Crippen LogP contribution >= 0.6 is 23.2 Å². The van der Waals surface area contributed by atoms with Crippen molar-refractivity contribution in [3.05, 3.63) is 94.0 Å². The topological polar surface area (TPSA) is 67.4 Å². The maximum Gasteiger partial charge on any atom is 0.251 e. The lowest BCUT2D eigenvalue weighted by atomic mass is 10.1. The molecular formula is C25H24Cl2N2O3. The summed E-state index contributed by atoms with van der Waals surface area (Å²) < 4.78 is 5.58. The molecule has 3 aromatic carbocycles. The van der Waals surface area contributed by atoms with Crippen molar-refractivity contribution in [2.45, 2.75) is 25.8 Å². The molecule has 0 fully saturated rings. The normalized spacial score (nSPS) is 11.5. The van der Waals surface area contributed by atoms with Crippen LogP contribution in [0.5, 0.6) is 5.75 Å². The van der Waals surface area contributed by atoms with Gasteiger partial charge in [-0.3, -0.25) is 9.59 Å². The van der Waals surface area contributed by atoms with Crippen LogP contribution in [0.1, 0.15) is 41.7 Å². The maximum atomic E-state index is 12.5. The molecule has 0 bridgehead atoms. The van der Waals surface area contributed by atoms with Crippen molar-refractivity contribution in [2.24, 2.45) is 0 Å². The van der Waals surface area contributed by atoms with Gasteiger partial charge in [-0.2, -0.15) is 0 Å². The largest absolute Gasteiger partial charge is 0.492 e. The van der Waals surface area contributed by atoms with Gasteiger partial charge >= 0.3 is 0 Å². The highest BCUT2D eigenvalue weighted by molar-refractivity contribution is 6.35. The van der Waals surface area contributed by atoms with Crippen molar-refractivity contribution in [1.29, 1.82) is 0 Å². The summed E-state index contributed by atoms with van der Waals surface area (Å²) in [6, 6.07) is 21.5. The van der Waals surface area contributed by atoms with Gasteiger partial charge in [-0.1, -0.05) is 53.5 Å². The molecule has 2 amide bonds. The highest BCUT2D eigenvalue weighted by Gasteiger charge is 2.11. The summed E-state index contributed by atoms with van der Waals surface area (Å²) in [6.45, 7) is 2.29. The summed E-state index contributed by atoms with van der Waals surface area (Å²) in [7, 11) is 0. The lowest BCUT2D eigenvalue weighted by Crippen LogP contribution is -2.26. The van der Waals surface area contributed by atoms with Crippen LogP contribution in [0, 0.1) is 0 Å². The van der Waals surface area contributed by atoms with E-state index in [9.17, 15) is 9.59 Å². The van der Waals surface area contributed by atoms with Crippen LogP contribution in [0.25, 0.3) is 0 Å². The van der Waals surface area contributed by atoms with E-state index in [1.165, 1.54) is 0 Å². The van der Waals surface area contributed by atoms with Crippen molar-refractivity contribution >= 4 is 40.7 Å². The molecule has 5 nitrogen and oxygen atoms in total. The molecule has 0 radical (unpaired) electrons. The second kappa shape index (κ2) is 11.6. The van der Waals surface area contributed by atoms with Crippen molar-refractivity contribution < 1.29 is 14.3 Å². The maximum absolute atomic E-state index is 12.5. The Hall–Kier alpha value is -3.02. The van der Waals surface area contributed by atoms with Crippen LogP contribution in [0.2, 0.25) is 10.0 Å². The summed E-state index contributed by atoms with van der Waals surface area (Å²) in [5, 5.41) is 6.77. The third-order valence-electron chi connectivity index (χ3n) is 4.78. The van der Waals surface area contributed by atoms with Gasteiger partial charge in [0.15, 0.2) is 0 Å². The molecule has 3 rings (SSSR count). The number of amides is 2. The lowest BCUT2D eigenvalue weighted by Gasteiger charge is -2.14. The van der Waals surface area contributed by atoms with Crippen LogP contribution in [-0.4, -0.2) is 18.4 Å². The highest BCUT2D eigenvalue weighted by atomic mass is 35.5. The average Bonchev–Trinajstić information content (AvgIpc) is 2.79. The fraction of sp³-hybridized carbons (Fsp3) is 0.200. The van der Waals surface area contributed by atoms with Gasteiger partial charge in [0.2, 0.25) is 5.91 Å². The van der Waals surface area contributed by atoms with E-state index in [4.69, 9.17) is 27.9 Å². The zero-order valence-corrected chi connectivity index (χ0v) is 19.1. The number of carbonyl (C=O) groups is 2. The van der Waals surface area contributed by atoms with E-state index < -0.39 is 0 Å². The first-order chi connectivity index (χ1) is 15.4. The zero-order valence-electron chi connectivity index (χ0n) is 17.6. The smallest absolute Gasteiger partial charge is 0.251 e. The van der Waals surface area contributed by atoms with Crippen LogP contribution < -0.4 is 15.4 Å². The predicted octanol–water partition coefficient (Wildman–Crippen LogP) is 6.28. The summed E-state index contributed by atoms with van der Waals surface area (Å²) in [4.78, 5) is 24.6. The molecule has 1 atom stereocenters. The van der Waals surface area contributed by atoms with Gasteiger partial charge in [0.1, 0.15) is 5.75 Å². The van der Waals surface area contributed by atoms with Crippen LogP contribution in [0.4, 0.5) is 5.69 Å². The molecule has 0 aliphatic carbocycles. The number of ether oxygens (including phenoxy) is 1. The number of rotatable bonds is 9. The quantitative estimate of drug-likeness (QED) is 0.361. The van der Waals surface area contributed by atoms with Crippen LogP contribution in [0.15, 0.2) is 72.8 Å². The summed E-state index contributed by atoms with van der Waals surface area (Å²) in [5.41, 5.74) is 2.19. The van der Waals surface area contributed by atoms with Gasteiger partial charge in [0.05, 0.1) is 17.7 Å². The first kappa shape index (κ1) is 23.6. The van der Waals surface area contributed by atoms with Crippen molar-refractivity contribution in [1.82, 2.24) is 5.32 Å².